The molecule has 0 bridgehead atoms. The van der Waals surface area contributed by atoms with E-state index in [1.54, 1.807) is 18.6 Å². The summed E-state index contributed by atoms with van der Waals surface area (Å²) < 4.78 is 6.90. The number of imidazole rings is 1. The maximum absolute atomic E-state index is 12.5. The molecule has 0 fully saturated rings. The molecule has 4 rings (SSSR count). The summed E-state index contributed by atoms with van der Waals surface area (Å²) in [6.45, 7) is 0. The van der Waals surface area contributed by atoms with E-state index >= 15 is 0 Å². The van der Waals surface area contributed by atoms with Crippen molar-refractivity contribution in [2.75, 3.05) is 7.11 Å². The lowest BCUT2D eigenvalue weighted by Crippen LogP contribution is -2.08. The minimum absolute atomic E-state index is 0.409. The molecular formula is C20H15N3O2. The molecule has 0 unspecified atom stereocenters. The lowest BCUT2D eigenvalue weighted by atomic mass is 9.98. The summed E-state index contributed by atoms with van der Waals surface area (Å²) in [5, 5.41) is 0. The Labute approximate surface area is 144 Å². The molecule has 5 heteroatoms. The zero-order chi connectivity index (χ0) is 17.2. The monoisotopic (exact) mass is 329 g/mol. The molecule has 25 heavy (non-hydrogen) atoms. The maximum atomic E-state index is 12.5. The van der Waals surface area contributed by atoms with Crippen molar-refractivity contribution < 1.29 is 9.53 Å². The predicted molar refractivity (Wildman–Crippen MR) is 95.2 cm³/mol. The van der Waals surface area contributed by atoms with Crippen LogP contribution in [-0.2, 0) is 4.74 Å². The van der Waals surface area contributed by atoms with Gasteiger partial charge in [-0.15, -0.1) is 0 Å². The van der Waals surface area contributed by atoms with Crippen molar-refractivity contribution in [2.45, 2.75) is 0 Å². The van der Waals surface area contributed by atoms with Crippen LogP contribution in [0.4, 0.5) is 0 Å². The fourth-order valence-electron chi connectivity index (χ4n) is 2.97. The molecule has 0 N–H and O–H groups in total. The number of aromatic nitrogens is 3. The Morgan fingerprint density at radius 1 is 1.04 bits per heavy atom. The predicted octanol–water partition coefficient (Wildman–Crippen LogP) is 3.85. The zero-order valence-electron chi connectivity index (χ0n) is 13.6. The molecule has 0 saturated carbocycles. The fourth-order valence-corrected chi connectivity index (χ4v) is 2.97. The van der Waals surface area contributed by atoms with Gasteiger partial charge in [-0.05, 0) is 23.8 Å². The van der Waals surface area contributed by atoms with Gasteiger partial charge < -0.3 is 4.74 Å². The van der Waals surface area contributed by atoms with Gasteiger partial charge in [-0.1, -0.05) is 30.3 Å². The van der Waals surface area contributed by atoms with Crippen LogP contribution < -0.4 is 0 Å². The van der Waals surface area contributed by atoms with E-state index in [1.807, 2.05) is 59.1 Å². The normalized spacial score (nSPS) is 10.8. The van der Waals surface area contributed by atoms with Crippen molar-refractivity contribution >= 4 is 11.6 Å². The largest absolute Gasteiger partial charge is 0.465 e. The van der Waals surface area contributed by atoms with E-state index in [0.29, 0.717) is 11.2 Å². The van der Waals surface area contributed by atoms with E-state index in [9.17, 15) is 4.79 Å². The molecule has 0 amide bonds. The SMILES string of the molecule is COC(=O)c1c(-c2ccccc2)cc(-c2cccnc2)n2ccnc12. The van der Waals surface area contributed by atoms with Crippen LogP contribution in [0.15, 0.2) is 73.3 Å². The van der Waals surface area contributed by atoms with Crippen LogP contribution in [-0.4, -0.2) is 27.4 Å². The molecule has 5 nitrogen and oxygen atoms in total. The number of fused-ring (bicyclic) bond motifs is 1. The molecule has 1 aromatic carbocycles. The summed E-state index contributed by atoms with van der Waals surface area (Å²) in [7, 11) is 1.38. The zero-order valence-corrected chi connectivity index (χ0v) is 13.6. The highest BCUT2D eigenvalue weighted by Gasteiger charge is 2.21. The van der Waals surface area contributed by atoms with Gasteiger partial charge >= 0.3 is 5.97 Å². The highest BCUT2D eigenvalue weighted by Crippen LogP contribution is 2.32. The van der Waals surface area contributed by atoms with Gasteiger partial charge in [0.15, 0.2) is 5.65 Å². The van der Waals surface area contributed by atoms with Gasteiger partial charge in [0.25, 0.3) is 0 Å². The van der Waals surface area contributed by atoms with Crippen LogP contribution >= 0.6 is 0 Å². The molecule has 4 aromatic rings. The minimum Gasteiger partial charge on any atom is -0.465 e. The first kappa shape index (κ1) is 15.1. The average molecular weight is 329 g/mol. The highest BCUT2D eigenvalue weighted by atomic mass is 16.5. The van der Waals surface area contributed by atoms with E-state index in [2.05, 4.69) is 9.97 Å². The Kier molecular flexibility index (Phi) is 3.74. The van der Waals surface area contributed by atoms with Crippen molar-refractivity contribution in [3.05, 3.63) is 78.9 Å². The second-order valence-electron chi connectivity index (χ2n) is 5.54. The van der Waals surface area contributed by atoms with Crippen LogP contribution in [0, 0.1) is 0 Å². The standard InChI is InChI=1S/C20H15N3O2/c1-25-20(24)18-16(14-6-3-2-4-7-14)12-17(15-8-5-9-21-13-15)23-11-10-22-19(18)23/h2-13H,1H3. The van der Waals surface area contributed by atoms with Crippen molar-refractivity contribution in [3.8, 4) is 22.4 Å². The van der Waals surface area contributed by atoms with E-state index in [1.165, 1.54) is 7.11 Å². The van der Waals surface area contributed by atoms with Crippen molar-refractivity contribution in [2.24, 2.45) is 0 Å². The number of carbonyl (C=O) groups is 1. The summed E-state index contributed by atoms with van der Waals surface area (Å²) in [4.78, 5) is 21.1. The van der Waals surface area contributed by atoms with Crippen LogP contribution in [0.5, 0.6) is 0 Å². The summed E-state index contributed by atoms with van der Waals surface area (Å²) in [6, 6.07) is 15.6. The third-order valence-electron chi connectivity index (χ3n) is 4.11. The molecular weight excluding hydrogens is 314 g/mol. The van der Waals surface area contributed by atoms with Crippen LogP contribution in [0.1, 0.15) is 10.4 Å². The fraction of sp³-hybridized carbons (Fsp3) is 0.0500. The summed E-state index contributed by atoms with van der Waals surface area (Å²) in [5.74, 6) is -0.409. The van der Waals surface area contributed by atoms with E-state index < -0.39 is 5.97 Å². The van der Waals surface area contributed by atoms with Crippen LogP contribution in [0.2, 0.25) is 0 Å². The lowest BCUT2D eigenvalue weighted by molar-refractivity contribution is 0.0603. The molecule has 0 radical (unpaired) electrons. The number of pyridine rings is 2. The third-order valence-corrected chi connectivity index (χ3v) is 4.11. The number of hydrogen-bond donors (Lipinski definition) is 0. The second kappa shape index (κ2) is 6.20. The van der Waals surface area contributed by atoms with Crippen molar-refractivity contribution in [1.29, 1.82) is 0 Å². The van der Waals surface area contributed by atoms with E-state index in [0.717, 1.165) is 22.4 Å². The molecule has 0 spiro atoms. The van der Waals surface area contributed by atoms with Gasteiger partial charge in [-0.3, -0.25) is 9.38 Å². The number of ether oxygens (including phenoxy) is 1. The molecule has 122 valence electrons. The number of carbonyl (C=O) groups excluding carboxylic acids is 1. The number of benzene rings is 1. The van der Waals surface area contributed by atoms with Crippen molar-refractivity contribution in [3.63, 3.8) is 0 Å². The first-order valence-electron chi connectivity index (χ1n) is 7.84. The topological polar surface area (TPSA) is 56.5 Å². The number of esters is 1. The maximum Gasteiger partial charge on any atom is 0.342 e. The number of methoxy groups -OCH3 is 1. The summed E-state index contributed by atoms with van der Waals surface area (Å²) >= 11 is 0. The number of hydrogen-bond acceptors (Lipinski definition) is 4. The third kappa shape index (κ3) is 2.55. The Hall–Kier alpha value is -3.47. The van der Waals surface area contributed by atoms with Gasteiger partial charge in [0.2, 0.25) is 0 Å². The lowest BCUT2D eigenvalue weighted by Gasteiger charge is -2.14. The summed E-state index contributed by atoms with van der Waals surface area (Å²) in [5.41, 5.74) is 4.58. The first-order valence-corrected chi connectivity index (χ1v) is 7.84. The smallest absolute Gasteiger partial charge is 0.342 e. The summed E-state index contributed by atoms with van der Waals surface area (Å²) in [6.07, 6.45) is 7.03. The van der Waals surface area contributed by atoms with Gasteiger partial charge in [0.05, 0.1) is 12.8 Å². The Morgan fingerprint density at radius 2 is 1.84 bits per heavy atom. The van der Waals surface area contributed by atoms with Crippen LogP contribution in [0.3, 0.4) is 0 Å². The van der Waals surface area contributed by atoms with Crippen molar-refractivity contribution in [1.82, 2.24) is 14.4 Å². The second-order valence-corrected chi connectivity index (χ2v) is 5.54. The van der Waals surface area contributed by atoms with Gasteiger partial charge in [-0.25, -0.2) is 9.78 Å². The van der Waals surface area contributed by atoms with Crippen LogP contribution in [0.25, 0.3) is 28.0 Å². The molecule has 3 aromatic heterocycles. The Balaban J connectivity index is 2.10. The molecule has 0 atom stereocenters. The molecule has 0 aliphatic heterocycles. The van der Waals surface area contributed by atoms with E-state index in [-0.39, 0.29) is 0 Å². The average Bonchev–Trinajstić information content (AvgIpc) is 3.17. The molecule has 0 aliphatic rings. The highest BCUT2D eigenvalue weighted by molar-refractivity contribution is 6.04. The van der Waals surface area contributed by atoms with Gasteiger partial charge in [-0.2, -0.15) is 0 Å². The number of nitrogens with zero attached hydrogens (tertiary/aromatic N) is 3. The van der Waals surface area contributed by atoms with E-state index in [4.69, 9.17) is 4.74 Å². The molecule has 3 heterocycles. The van der Waals surface area contributed by atoms with Gasteiger partial charge in [0, 0.05) is 35.9 Å². The number of rotatable bonds is 3. The minimum atomic E-state index is -0.409. The first-order chi connectivity index (χ1) is 12.3. The molecule has 0 saturated heterocycles. The quantitative estimate of drug-likeness (QED) is 0.536. The molecule has 0 aliphatic carbocycles. The Bertz CT molecular complexity index is 1040. The Morgan fingerprint density at radius 3 is 2.56 bits per heavy atom. The van der Waals surface area contributed by atoms with Gasteiger partial charge in [0.1, 0.15) is 5.56 Å².